The van der Waals surface area contributed by atoms with Crippen molar-refractivity contribution < 1.29 is 14.1 Å². The maximum atomic E-state index is 12.6. The molecule has 1 aliphatic rings. The van der Waals surface area contributed by atoms with Gasteiger partial charge >= 0.3 is 6.03 Å². The van der Waals surface area contributed by atoms with Gasteiger partial charge in [0, 0.05) is 42.3 Å². The summed E-state index contributed by atoms with van der Waals surface area (Å²) in [6, 6.07) is 10.6. The van der Waals surface area contributed by atoms with Gasteiger partial charge < -0.3 is 14.6 Å². The molecule has 1 aromatic heterocycles. The van der Waals surface area contributed by atoms with Crippen LogP contribution in [-0.4, -0.2) is 33.3 Å². The number of hydrogen-bond acceptors (Lipinski definition) is 6. The smallest absolute Gasteiger partial charge is 0.327 e. The van der Waals surface area contributed by atoms with E-state index >= 15 is 0 Å². The Morgan fingerprint density at radius 3 is 2.52 bits per heavy atom. The predicted molar refractivity (Wildman–Crippen MR) is 122 cm³/mol. The lowest BCUT2D eigenvalue weighted by Gasteiger charge is -2.31. The van der Waals surface area contributed by atoms with Gasteiger partial charge in [-0.15, -0.1) is 0 Å². The summed E-state index contributed by atoms with van der Waals surface area (Å²) in [7, 11) is 0. The summed E-state index contributed by atoms with van der Waals surface area (Å²) in [5.41, 5.74) is 1.93. The van der Waals surface area contributed by atoms with E-state index in [1.165, 1.54) is 11.2 Å². The second-order valence-corrected chi connectivity index (χ2v) is 8.12. The summed E-state index contributed by atoms with van der Waals surface area (Å²) in [4.78, 5) is 18.1. The molecule has 0 aliphatic carbocycles. The molecule has 0 bridgehead atoms. The van der Waals surface area contributed by atoms with E-state index in [0.29, 0.717) is 35.3 Å². The lowest BCUT2D eigenvalue weighted by molar-refractivity contribution is 0.209. The summed E-state index contributed by atoms with van der Waals surface area (Å²) in [6.07, 6.45) is 6.61. The molecular weight excluding hydrogens is 414 g/mol. The Balaban J connectivity index is 1.59. The van der Waals surface area contributed by atoms with Crippen molar-refractivity contribution in [2.24, 2.45) is 5.92 Å². The van der Waals surface area contributed by atoms with Crippen LogP contribution >= 0.6 is 0 Å². The number of allylic oxidation sites excluding steroid dienone is 1. The van der Waals surface area contributed by atoms with Crippen LogP contribution in [0.15, 0.2) is 85.2 Å². The van der Waals surface area contributed by atoms with Crippen LogP contribution in [0.25, 0.3) is 0 Å². The highest BCUT2D eigenvalue weighted by atomic mass is 32.2. The van der Waals surface area contributed by atoms with Gasteiger partial charge in [-0.2, -0.15) is 0 Å². The highest BCUT2D eigenvalue weighted by Crippen LogP contribution is 2.24. The van der Waals surface area contributed by atoms with Crippen LogP contribution in [-0.2, 0) is 11.4 Å². The minimum Gasteiger partial charge on any atom is -0.593 e. The van der Waals surface area contributed by atoms with Gasteiger partial charge in [-0.3, -0.25) is 15.2 Å². The highest BCUT2D eigenvalue weighted by Gasteiger charge is 2.25. The number of pyridine rings is 1. The number of nitrogens with one attached hydrogen (secondary N) is 3. The molecule has 0 spiro atoms. The topological polar surface area (TPSA) is 102 Å². The molecule has 3 N–H and O–H groups in total. The Labute approximate surface area is 185 Å². The van der Waals surface area contributed by atoms with Crippen LogP contribution in [0.5, 0.6) is 11.5 Å². The van der Waals surface area contributed by atoms with Crippen molar-refractivity contribution in [3.8, 4) is 11.5 Å². The Hall–Kier alpha value is -3.43. The van der Waals surface area contributed by atoms with Crippen LogP contribution in [0, 0.1) is 5.92 Å². The first-order chi connectivity index (χ1) is 14.8. The van der Waals surface area contributed by atoms with Crippen LogP contribution < -0.4 is 20.1 Å². The summed E-state index contributed by atoms with van der Waals surface area (Å²) in [6.45, 7) is 10.1. The zero-order chi connectivity index (χ0) is 22.4. The Morgan fingerprint density at radius 2 is 1.90 bits per heavy atom. The first kappa shape index (κ1) is 22.3. The molecule has 162 valence electrons. The number of hydrogen-bond donors (Lipinski definition) is 3. The third kappa shape index (κ3) is 6.27. The zero-order valence-corrected chi connectivity index (χ0v) is 18.2. The first-order valence-corrected chi connectivity index (χ1v) is 11.1. The van der Waals surface area contributed by atoms with E-state index in [4.69, 9.17) is 4.74 Å². The van der Waals surface area contributed by atoms with Crippen molar-refractivity contribution in [3.05, 3.63) is 85.2 Å². The Kier molecular flexibility index (Phi) is 7.22. The van der Waals surface area contributed by atoms with E-state index in [1.807, 2.05) is 31.2 Å². The van der Waals surface area contributed by atoms with Crippen molar-refractivity contribution in [1.82, 2.24) is 19.9 Å². The van der Waals surface area contributed by atoms with E-state index < -0.39 is 11.4 Å². The molecule has 0 saturated carbocycles. The molecule has 0 fully saturated rings. The molecular formula is C22H25N5O3S. The number of carbonyl (C=O) groups is 1. The summed E-state index contributed by atoms with van der Waals surface area (Å²) in [5, 5.41) is 5.97. The fourth-order valence-electron chi connectivity index (χ4n) is 2.83. The number of carbonyl (C=O) groups excluding carboxylic acids is 1. The molecule has 1 aliphatic heterocycles. The lowest BCUT2D eigenvalue weighted by Crippen LogP contribution is -2.46. The number of benzene rings is 1. The van der Waals surface area contributed by atoms with Gasteiger partial charge in [-0.05, 0) is 36.4 Å². The third-order valence-electron chi connectivity index (χ3n) is 4.49. The van der Waals surface area contributed by atoms with Crippen molar-refractivity contribution >= 4 is 23.1 Å². The summed E-state index contributed by atoms with van der Waals surface area (Å²) < 4.78 is 19.8. The minimum atomic E-state index is -1.21. The summed E-state index contributed by atoms with van der Waals surface area (Å²) in [5.74, 6) is 1.80. The fourth-order valence-corrected chi connectivity index (χ4v) is 3.41. The molecule has 31 heavy (non-hydrogen) atoms. The monoisotopic (exact) mass is 439 g/mol. The number of nitrogens with zero attached hydrogens (tertiary/aromatic N) is 2. The van der Waals surface area contributed by atoms with Gasteiger partial charge in [0.2, 0.25) is 0 Å². The maximum absolute atomic E-state index is 12.6. The number of amides is 2. The average molecular weight is 440 g/mol. The van der Waals surface area contributed by atoms with Crippen LogP contribution in [0.3, 0.4) is 0 Å². The van der Waals surface area contributed by atoms with Gasteiger partial charge in [0.05, 0.1) is 17.1 Å². The van der Waals surface area contributed by atoms with Gasteiger partial charge in [0.25, 0.3) is 0 Å². The molecule has 0 radical (unpaired) electrons. The maximum Gasteiger partial charge on any atom is 0.327 e. The molecule has 8 nitrogen and oxygen atoms in total. The van der Waals surface area contributed by atoms with Crippen LogP contribution in [0.1, 0.15) is 6.92 Å². The van der Waals surface area contributed by atoms with Gasteiger partial charge in [0.15, 0.2) is 0 Å². The SMILES string of the molecule is C=C(N[S+](C)[O-])[C@@H](C)CN1C(=C)C=C(Nc2ccc(Oc3ccncc3)cc2)NC1=O. The van der Waals surface area contributed by atoms with Crippen molar-refractivity contribution in [1.29, 1.82) is 0 Å². The highest BCUT2D eigenvalue weighted by molar-refractivity contribution is 7.88. The van der Waals surface area contributed by atoms with E-state index in [1.54, 1.807) is 30.6 Å². The number of anilines is 1. The lowest BCUT2D eigenvalue weighted by atomic mass is 10.1. The number of urea groups is 1. The molecule has 0 saturated heterocycles. The van der Waals surface area contributed by atoms with E-state index in [2.05, 4.69) is 33.5 Å². The third-order valence-corrected chi connectivity index (χ3v) is 5.04. The van der Waals surface area contributed by atoms with Crippen molar-refractivity contribution in [2.45, 2.75) is 6.92 Å². The molecule has 2 amide bonds. The van der Waals surface area contributed by atoms with Crippen molar-refractivity contribution in [3.63, 3.8) is 0 Å². The van der Waals surface area contributed by atoms with Gasteiger partial charge in [-0.25, -0.2) is 9.52 Å². The standard InChI is InChI=1S/C22H25N5O3S/c1-15(17(3)26-31(4)29)14-27-16(2)13-21(25-22(27)28)24-18-5-7-19(8-6-18)30-20-9-11-23-12-10-20/h5-13,15,24,26H,2-3,14H2,1,4H3,(H,25,28)/t15-,31?/m0/s1. The second-order valence-electron chi connectivity index (χ2n) is 7.01. The second kappa shape index (κ2) is 10.1. The molecule has 2 heterocycles. The molecule has 2 aromatic rings. The molecule has 9 heteroatoms. The number of ether oxygens (including phenoxy) is 1. The van der Waals surface area contributed by atoms with Crippen LogP contribution in [0.2, 0.25) is 0 Å². The van der Waals surface area contributed by atoms with Crippen molar-refractivity contribution in [2.75, 3.05) is 18.1 Å². The summed E-state index contributed by atoms with van der Waals surface area (Å²) >= 11 is -1.21. The van der Waals surface area contributed by atoms with E-state index in [0.717, 1.165) is 5.69 Å². The molecule has 1 unspecified atom stereocenters. The quantitative estimate of drug-likeness (QED) is 0.515. The normalized spacial score (nSPS) is 15.5. The Bertz CT molecular complexity index is 976. The fraction of sp³-hybridized carbons (Fsp3) is 0.182. The average Bonchev–Trinajstić information content (AvgIpc) is 2.72. The zero-order valence-electron chi connectivity index (χ0n) is 17.4. The molecule has 3 rings (SSSR count). The van der Waals surface area contributed by atoms with E-state index in [9.17, 15) is 9.35 Å². The van der Waals surface area contributed by atoms with Gasteiger partial charge in [-0.1, -0.05) is 20.1 Å². The van der Waals surface area contributed by atoms with Gasteiger partial charge in [0.1, 0.15) is 23.6 Å². The first-order valence-electron chi connectivity index (χ1n) is 9.55. The van der Waals surface area contributed by atoms with E-state index in [-0.39, 0.29) is 11.9 Å². The Morgan fingerprint density at radius 1 is 1.26 bits per heavy atom. The largest absolute Gasteiger partial charge is 0.593 e. The number of rotatable bonds is 9. The number of aromatic nitrogens is 1. The predicted octanol–water partition coefficient (Wildman–Crippen LogP) is 3.70. The molecule has 1 aromatic carbocycles. The molecule has 2 atom stereocenters. The van der Waals surface area contributed by atoms with Crippen LogP contribution in [0.4, 0.5) is 10.5 Å². The minimum absolute atomic E-state index is 0.109.